The number of benzene rings is 1. The summed E-state index contributed by atoms with van der Waals surface area (Å²) in [6, 6.07) is 7.32. The zero-order valence-corrected chi connectivity index (χ0v) is 16.5. The Kier molecular flexibility index (Phi) is 7.40. The van der Waals surface area contributed by atoms with E-state index >= 15 is 0 Å². The minimum atomic E-state index is -0.108. The van der Waals surface area contributed by atoms with Gasteiger partial charge in [0.25, 0.3) is 0 Å². The number of hydrogen-bond acceptors (Lipinski definition) is 3. The van der Waals surface area contributed by atoms with Gasteiger partial charge >= 0.3 is 6.03 Å². The van der Waals surface area contributed by atoms with Crippen molar-refractivity contribution in [1.82, 2.24) is 20.0 Å². The van der Waals surface area contributed by atoms with Crippen molar-refractivity contribution in [2.75, 3.05) is 18.4 Å². The summed E-state index contributed by atoms with van der Waals surface area (Å²) in [5.41, 5.74) is 2.80. The van der Waals surface area contributed by atoms with Gasteiger partial charge in [0.1, 0.15) is 0 Å². The summed E-state index contributed by atoms with van der Waals surface area (Å²) < 4.78 is 1.77. The van der Waals surface area contributed by atoms with Gasteiger partial charge in [-0.15, -0.1) is 0 Å². The Hall–Kier alpha value is -2.83. The van der Waals surface area contributed by atoms with E-state index in [4.69, 9.17) is 0 Å². The molecule has 7 nitrogen and oxygen atoms in total. The van der Waals surface area contributed by atoms with Crippen LogP contribution < -0.4 is 10.6 Å². The molecular formula is C20H29N5O2. The fourth-order valence-corrected chi connectivity index (χ4v) is 2.77. The van der Waals surface area contributed by atoms with E-state index in [9.17, 15) is 9.59 Å². The highest BCUT2D eigenvalue weighted by molar-refractivity contribution is 5.89. The first kappa shape index (κ1) is 20.5. The molecule has 0 aliphatic carbocycles. The summed E-state index contributed by atoms with van der Waals surface area (Å²) in [6.07, 6.45) is 4.08. The van der Waals surface area contributed by atoms with Crippen molar-refractivity contribution < 1.29 is 9.59 Å². The van der Waals surface area contributed by atoms with E-state index in [-0.39, 0.29) is 18.0 Å². The molecule has 0 saturated carbocycles. The Morgan fingerprint density at radius 3 is 2.41 bits per heavy atom. The second kappa shape index (κ2) is 9.75. The van der Waals surface area contributed by atoms with Gasteiger partial charge in [-0.1, -0.05) is 12.1 Å². The quantitative estimate of drug-likeness (QED) is 0.747. The van der Waals surface area contributed by atoms with Crippen LogP contribution in [0.15, 0.2) is 36.7 Å². The lowest BCUT2D eigenvalue weighted by atomic mass is 10.1. The third kappa shape index (κ3) is 6.13. The topological polar surface area (TPSA) is 79.3 Å². The van der Waals surface area contributed by atoms with Gasteiger partial charge in [-0.2, -0.15) is 5.10 Å². The van der Waals surface area contributed by atoms with Crippen molar-refractivity contribution in [3.05, 3.63) is 47.8 Å². The lowest BCUT2D eigenvalue weighted by molar-refractivity contribution is -0.122. The van der Waals surface area contributed by atoms with Crippen molar-refractivity contribution in [2.45, 2.75) is 46.7 Å². The highest BCUT2D eigenvalue weighted by Crippen LogP contribution is 2.16. The van der Waals surface area contributed by atoms with Crippen LogP contribution in [0.1, 0.15) is 44.4 Å². The van der Waals surface area contributed by atoms with Crippen LogP contribution in [0.5, 0.6) is 0 Å². The number of nitrogens with zero attached hydrogens (tertiary/aromatic N) is 3. The zero-order valence-electron chi connectivity index (χ0n) is 16.5. The predicted molar refractivity (Wildman–Crippen MR) is 107 cm³/mol. The predicted octanol–water partition coefficient (Wildman–Crippen LogP) is 3.33. The minimum absolute atomic E-state index is 0.0189. The van der Waals surface area contributed by atoms with Gasteiger partial charge in [0.15, 0.2) is 0 Å². The van der Waals surface area contributed by atoms with Crippen LogP contribution in [0, 0.1) is 6.92 Å². The lowest BCUT2D eigenvalue weighted by Crippen LogP contribution is -2.34. The highest BCUT2D eigenvalue weighted by Gasteiger charge is 2.12. The van der Waals surface area contributed by atoms with Crippen LogP contribution in [0.2, 0.25) is 0 Å². The first-order valence-corrected chi connectivity index (χ1v) is 9.37. The fraction of sp³-hybridized carbons (Fsp3) is 0.450. The molecule has 27 heavy (non-hydrogen) atoms. The second-order valence-electron chi connectivity index (χ2n) is 6.54. The molecule has 1 heterocycles. The molecule has 1 aromatic carbocycles. The number of carbonyl (C=O) groups is 2. The molecule has 0 spiro atoms. The molecule has 0 radical (unpaired) electrons. The van der Waals surface area contributed by atoms with E-state index in [1.165, 1.54) is 0 Å². The Balaban J connectivity index is 1.84. The first-order chi connectivity index (χ1) is 12.9. The van der Waals surface area contributed by atoms with Gasteiger partial charge in [0.05, 0.1) is 12.2 Å². The van der Waals surface area contributed by atoms with Crippen molar-refractivity contribution in [3.63, 3.8) is 0 Å². The summed E-state index contributed by atoms with van der Waals surface area (Å²) in [7, 11) is 0. The van der Waals surface area contributed by atoms with Crippen LogP contribution in [-0.2, 0) is 11.3 Å². The summed E-state index contributed by atoms with van der Waals surface area (Å²) in [4.78, 5) is 25.9. The van der Waals surface area contributed by atoms with Gasteiger partial charge in [0, 0.05) is 37.9 Å². The standard InChI is InChI=1S/C20H29N5O2/c1-5-24(6-2)20(27)23-18-9-7-17(8-10-18)16(4)22-19(26)11-12-25-14-15(3)13-21-25/h7-10,13-14,16H,5-6,11-12H2,1-4H3,(H,22,26)(H,23,27). The highest BCUT2D eigenvalue weighted by atomic mass is 16.2. The van der Waals surface area contributed by atoms with Gasteiger partial charge in [-0.3, -0.25) is 9.48 Å². The first-order valence-electron chi connectivity index (χ1n) is 9.37. The van der Waals surface area contributed by atoms with Crippen molar-refractivity contribution in [3.8, 4) is 0 Å². The molecule has 2 rings (SSSR count). The monoisotopic (exact) mass is 371 g/mol. The van der Waals surface area contributed by atoms with Crippen LogP contribution in [0.4, 0.5) is 10.5 Å². The normalized spacial score (nSPS) is 11.7. The van der Waals surface area contributed by atoms with Crippen LogP contribution in [0.25, 0.3) is 0 Å². The molecule has 1 atom stereocenters. The average Bonchev–Trinajstić information content (AvgIpc) is 3.07. The molecule has 7 heteroatoms. The average molecular weight is 371 g/mol. The molecule has 0 saturated heterocycles. The Morgan fingerprint density at radius 1 is 1.19 bits per heavy atom. The van der Waals surface area contributed by atoms with Crippen molar-refractivity contribution in [1.29, 1.82) is 0 Å². The Labute approximate surface area is 160 Å². The molecule has 0 aliphatic heterocycles. The molecule has 2 aromatic rings. The summed E-state index contributed by atoms with van der Waals surface area (Å²) in [6.45, 7) is 9.71. The maximum atomic E-state index is 12.1. The SMILES string of the molecule is CCN(CC)C(=O)Nc1ccc(C(C)NC(=O)CCn2cc(C)cn2)cc1. The van der Waals surface area contributed by atoms with Crippen LogP contribution in [0.3, 0.4) is 0 Å². The maximum absolute atomic E-state index is 12.1. The number of urea groups is 1. The van der Waals surface area contributed by atoms with Crippen LogP contribution >= 0.6 is 0 Å². The molecule has 1 unspecified atom stereocenters. The molecule has 0 bridgehead atoms. The summed E-state index contributed by atoms with van der Waals surface area (Å²) in [5.74, 6) is -0.0189. The van der Waals surface area contributed by atoms with E-state index < -0.39 is 0 Å². The van der Waals surface area contributed by atoms with E-state index in [1.54, 1.807) is 15.8 Å². The number of aryl methyl sites for hydroxylation is 2. The van der Waals surface area contributed by atoms with E-state index in [1.807, 2.05) is 58.2 Å². The number of rotatable bonds is 8. The number of amides is 3. The van der Waals surface area contributed by atoms with Gasteiger partial charge in [-0.25, -0.2) is 4.79 Å². The number of hydrogen-bond donors (Lipinski definition) is 2. The number of anilines is 1. The smallest absolute Gasteiger partial charge is 0.321 e. The van der Waals surface area contributed by atoms with E-state index in [2.05, 4.69) is 15.7 Å². The van der Waals surface area contributed by atoms with Gasteiger partial charge in [-0.05, 0) is 51.0 Å². The Bertz CT molecular complexity index is 750. The van der Waals surface area contributed by atoms with Crippen molar-refractivity contribution in [2.24, 2.45) is 0 Å². The molecule has 3 amide bonds. The number of nitrogens with one attached hydrogen (secondary N) is 2. The third-order valence-electron chi connectivity index (χ3n) is 4.42. The molecule has 1 aromatic heterocycles. The minimum Gasteiger partial charge on any atom is -0.350 e. The molecule has 2 N–H and O–H groups in total. The van der Waals surface area contributed by atoms with Gasteiger partial charge in [0.2, 0.25) is 5.91 Å². The molecule has 146 valence electrons. The lowest BCUT2D eigenvalue weighted by Gasteiger charge is -2.19. The van der Waals surface area contributed by atoms with E-state index in [0.717, 1.165) is 16.8 Å². The molecule has 0 fully saturated rings. The summed E-state index contributed by atoms with van der Waals surface area (Å²) in [5, 5.41) is 10.1. The summed E-state index contributed by atoms with van der Waals surface area (Å²) >= 11 is 0. The largest absolute Gasteiger partial charge is 0.350 e. The van der Waals surface area contributed by atoms with Crippen LogP contribution in [-0.4, -0.2) is 39.7 Å². The zero-order chi connectivity index (χ0) is 19.8. The maximum Gasteiger partial charge on any atom is 0.321 e. The van der Waals surface area contributed by atoms with Gasteiger partial charge < -0.3 is 15.5 Å². The van der Waals surface area contributed by atoms with Crippen molar-refractivity contribution >= 4 is 17.6 Å². The number of carbonyl (C=O) groups excluding carboxylic acids is 2. The Morgan fingerprint density at radius 2 is 1.85 bits per heavy atom. The second-order valence-corrected chi connectivity index (χ2v) is 6.54. The molecular weight excluding hydrogens is 342 g/mol. The molecule has 0 aliphatic rings. The number of aromatic nitrogens is 2. The third-order valence-corrected chi connectivity index (χ3v) is 4.42. The fourth-order valence-electron chi connectivity index (χ4n) is 2.77. The van der Waals surface area contributed by atoms with E-state index in [0.29, 0.717) is 26.1 Å².